The topological polar surface area (TPSA) is 51.8 Å². The molecular weight excluding hydrogens is 319 g/mol. The van der Waals surface area contributed by atoms with Crippen molar-refractivity contribution in [2.24, 2.45) is 0 Å². The summed E-state index contributed by atoms with van der Waals surface area (Å²) in [4.78, 5) is 0. The SMILES string of the molecule is COc1cc(F)c(C(O)c2ccoc2Br)cc1OC. The van der Waals surface area contributed by atoms with E-state index in [0.717, 1.165) is 0 Å². The van der Waals surface area contributed by atoms with Gasteiger partial charge in [0.1, 0.15) is 11.9 Å². The molecule has 1 aromatic carbocycles. The zero-order valence-corrected chi connectivity index (χ0v) is 11.9. The van der Waals surface area contributed by atoms with E-state index >= 15 is 0 Å². The molecule has 0 spiro atoms. The van der Waals surface area contributed by atoms with Crippen molar-refractivity contribution in [3.05, 3.63) is 46.1 Å². The highest BCUT2D eigenvalue weighted by atomic mass is 79.9. The van der Waals surface area contributed by atoms with Gasteiger partial charge in [-0.05, 0) is 28.1 Å². The molecule has 0 aliphatic heterocycles. The summed E-state index contributed by atoms with van der Waals surface area (Å²) in [5.41, 5.74) is 0.519. The lowest BCUT2D eigenvalue weighted by molar-refractivity contribution is 0.211. The Balaban J connectivity index is 2.48. The first-order valence-electron chi connectivity index (χ1n) is 5.40. The van der Waals surface area contributed by atoms with Gasteiger partial charge in [0.15, 0.2) is 16.2 Å². The van der Waals surface area contributed by atoms with E-state index in [9.17, 15) is 9.50 Å². The smallest absolute Gasteiger partial charge is 0.175 e. The molecule has 0 bridgehead atoms. The van der Waals surface area contributed by atoms with Crippen LogP contribution >= 0.6 is 15.9 Å². The second-order valence-electron chi connectivity index (χ2n) is 3.78. The van der Waals surface area contributed by atoms with Crippen LogP contribution in [0.15, 0.2) is 33.5 Å². The summed E-state index contributed by atoms with van der Waals surface area (Å²) in [6.45, 7) is 0. The van der Waals surface area contributed by atoms with Crippen molar-refractivity contribution in [2.75, 3.05) is 14.2 Å². The molecule has 1 aromatic heterocycles. The van der Waals surface area contributed by atoms with Crippen LogP contribution in [0.4, 0.5) is 4.39 Å². The Morgan fingerprint density at radius 2 is 1.84 bits per heavy atom. The zero-order valence-electron chi connectivity index (χ0n) is 10.3. The summed E-state index contributed by atoms with van der Waals surface area (Å²) in [6, 6.07) is 4.13. The summed E-state index contributed by atoms with van der Waals surface area (Å²) >= 11 is 3.15. The van der Waals surface area contributed by atoms with Gasteiger partial charge < -0.3 is 19.0 Å². The number of methoxy groups -OCH3 is 2. The quantitative estimate of drug-likeness (QED) is 0.934. The van der Waals surface area contributed by atoms with Crippen LogP contribution in [0.2, 0.25) is 0 Å². The van der Waals surface area contributed by atoms with Gasteiger partial charge in [-0.25, -0.2) is 4.39 Å². The Bertz CT molecular complexity index is 582. The molecule has 6 heteroatoms. The lowest BCUT2D eigenvalue weighted by Gasteiger charge is -2.14. The normalized spacial score (nSPS) is 12.3. The van der Waals surface area contributed by atoms with Crippen LogP contribution in [0, 0.1) is 5.82 Å². The highest BCUT2D eigenvalue weighted by Crippen LogP contribution is 2.36. The zero-order chi connectivity index (χ0) is 14.0. The lowest BCUT2D eigenvalue weighted by atomic mass is 10.0. The van der Waals surface area contributed by atoms with Crippen molar-refractivity contribution in [1.29, 1.82) is 0 Å². The van der Waals surface area contributed by atoms with E-state index in [2.05, 4.69) is 15.9 Å². The molecule has 1 unspecified atom stereocenters. The molecule has 1 N–H and O–H groups in total. The Morgan fingerprint density at radius 3 is 2.37 bits per heavy atom. The van der Waals surface area contributed by atoms with Gasteiger partial charge in [0.05, 0.1) is 20.5 Å². The molecule has 0 saturated heterocycles. The van der Waals surface area contributed by atoms with Crippen LogP contribution in [0.25, 0.3) is 0 Å². The first kappa shape index (κ1) is 13.9. The van der Waals surface area contributed by atoms with Crippen molar-refractivity contribution >= 4 is 15.9 Å². The van der Waals surface area contributed by atoms with E-state index in [0.29, 0.717) is 16.0 Å². The van der Waals surface area contributed by atoms with E-state index < -0.39 is 11.9 Å². The largest absolute Gasteiger partial charge is 0.493 e. The van der Waals surface area contributed by atoms with Crippen molar-refractivity contribution in [3.63, 3.8) is 0 Å². The predicted molar refractivity (Wildman–Crippen MR) is 70.0 cm³/mol. The van der Waals surface area contributed by atoms with Crippen LogP contribution in [0.3, 0.4) is 0 Å². The number of halogens is 2. The Morgan fingerprint density at radius 1 is 1.21 bits per heavy atom. The van der Waals surface area contributed by atoms with Gasteiger partial charge in [0, 0.05) is 17.2 Å². The third-order valence-electron chi connectivity index (χ3n) is 2.74. The van der Waals surface area contributed by atoms with Gasteiger partial charge in [-0.15, -0.1) is 0 Å². The maximum Gasteiger partial charge on any atom is 0.175 e. The predicted octanol–water partition coefficient (Wildman–Crippen LogP) is 3.28. The molecule has 2 aromatic rings. The molecular formula is C13H12BrFO4. The molecule has 102 valence electrons. The summed E-state index contributed by atoms with van der Waals surface area (Å²) in [5, 5.41) is 10.2. The van der Waals surface area contributed by atoms with Crippen LogP contribution in [-0.2, 0) is 0 Å². The van der Waals surface area contributed by atoms with Gasteiger partial charge in [0.25, 0.3) is 0 Å². The van der Waals surface area contributed by atoms with Crippen LogP contribution in [0.1, 0.15) is 17.2 Å². The fourth-order valence-corrected chi connectivity index (χ4v) is 2.20. The molecule has 19 heavy (non-hydrogen) atoms. The number of rotatable bonds is 4. The molecule has 0 radical (unpaired) electrons. The molecule has 1 atom stereocenters. The molecule has 0 fully saturated rings. The molecule has 4 nitrogen and oxygen atoms in total. The second-order valence-corrected chi connectivity index (χ2v) is 4.50. The van der Waals surface area contributed by atoms with E-state index in [4.69, 9.17) is 13.9 Å². The summed E-state index contributed by atoms with van der Waals surface area (Å²) < 4.78 is 29.5. The highest BCUT2D eigenvalue weighted by molar-refractivity contribution is 9.10. The van der Waals surface area contributed by atoms with Crippen molar-refractivity contribution in [2.45, 2.75) is 6.10 Å². The van der Waals surface area contributed by atoms with Crippen molar-refractivity contribution in [1.82, 2.24) is 0 Å². The Hall–Kier alpha value is -1.53. The Labute approximate surface area is 117 Å². The highest BCUT2D eigenvalue weighted by Gasteiger charge is 2.22. The minimum atomic E-state index is -1.16. The summed E-state index contributed by atoms with van der Waals surface area (Å²) in [7, 11) is 2.86. The van der Waals surface area contributed by atoms with Crippen LogP contribution in [0.5, 0.6) is 11.5 Å². The first-order valence-corrected chi connectivity index (χ1v) is 6.20. The number of hydrogen-bond acceptors (Lipinski definition) is 4. The standard InChI is InChI=1S/C13H12BrFO4/c1-17-10-5-8(9(15)6-11(10)18-2)12(16)7-3-4-19-13(7)14/h3-6,12,16H,1-2H3. The van der Waals surface area contributed by atoms with Gasteiger partial charge in [-0.3, -0.25) is 0 Å². The number of ether oxygens (including phenoxy) is 2. The van der Waals surface area contributed by atoms with E-state index in [1.165, 1.54) is 32.6 Å². The van der Waals surface area contributed by atoms with Crippen molar-refractivity contribution in [3.8, 4) is 11.5 Å². The van der Waals surface area contributed by atoms with Gasteiger partial charge in [-0.1, -0.05) is 0 Å². The number of benzene rings is 1. The average molecular weight is 331 g/mol. The van der Waals surface area contributed by atoms with E-state index in [1.54, 1.807) is 6.07 Å². The Kier molecular flexibility index (Phi) is 4.11. The number of aliphatic hydroxyl groups is 1. The lowest BCUT2D eigenvalue weighted by Crippen LogP contribution is -2.04. The van der Waals surface area contributed by atoms with Gasteiger partial charge >= 0.3 is 0 Å². The maximum absolute atomic E-state index is 14.0. The van der Waals surface area contributed by atoms with E-state index in [-0.39, 0.29) is 11.3 Å². The van der Waals surface area contributed by atoms with Gasteiger partial charge in [-0.2, -0.15) is 0 Å². The summed E-state index contributed by atoms with van der Waals surface area (Å²) in [6.07, 6.45) is 0.245. The number of aliphatic hydroxyl groups excluding tert-OH is 1. The van der Waals surface area contributed by atoms with Crippen LogP contribution in [-0.4, -0.2) is 19.3 Å². The summed E-state index contributed by atoms with van der Waals surface area (Å²) in [5.74, 6) is 0.0260. The fourth-order valence-electron chi connectivity index (χ4n) is 1.75. The van der Waals surface area contributed by atoms with Crippen molar-refractivity contribution < 1.29 is 23.4 Å². The molecule has 0 saturated carbocycles. The minimum absolute atomic E-state index is 0.0831. The van der Waals surface area contributed by atoms with Gasteiger partial charge in [0.2, 0.25) is 0 Å². The third kappa shape index (κ3) is 2.59. The second kappa shape index (κ2) is 5.63. The molecule has 1 heterocycles. The molecule has 0 aliphatic carbocycles. The number of furan rings is 1. The monoisotopic (exact) mass is 330 g/mol. The average Bonchev–Trinajstić information content (AvgIpc) is 2.83. The molecule has 0 amide bonds. The van der Waals surface area contributed by atoms with E-state index in [1.807, 2.05) is 0 Å². The molecule has 2 rings (SSSR count). The van der Waals surface area contributed by atoms with Crippen LogP contribution < -0.4 is 9.47 Å². The molecule has 0 aliphatic rings. The minimum Gasteiger partial charge on any atom is -0.493 e. The fraction of sp³-hybridized carbons (Fsp3) is 0.231. The number of hydrogen-bond donors (Lipinski definition) is 1. The first-order chi connectivity index (χ1) is 9.08. The third-order valence-corrected chi connectivity index (χ3v) is 3.38. The maximum atomic E-state index is 14.0.